The highest BCUT2D eigenvalue weighted by Crippen LogP contribution is 2.37. The van der Waals surface area contributed by atoms with Gasteiger partial charge in [-0.1, -0.05) is 23.7 Å². The van der Waals surface area contributed by atoms with E-state index >= 15 is 0 Å². The zero-order valence-electron chi connectivity index (χ0n) is 9.89. The molecule has 0 saturated heterocycles. The first-order chi connectivity index (χ1) is 8.99. The lowest BCUT2D eigenvalue weighted by atomic mass is 10.2. The third-order valence-corrected chi connectivity index (χ3v) is 2.74. The number of aryl methyl sites for hydroxylation is 1. The Morgan fingerprint density at radius 3 is 2.68 bits per heavy atom. The van der Waals surface area contributed by atoms with E-state index in [1.54, 1.807) is 13.0 Å². The Morgan fingerprint density at radius 1 is 1.26 bits per heavy atom. The summed E-state index contributed by atoms with van der Waals surface area (Å²) in [6.45, 7) is 1.76. The maximum Gasteiger partial charge on any atom is 0.329 e. The van der Waals surface area contributed by atoms with Crippen molar-refractivity contribution in [1.29, 1.82) is 0 Å². The molecule has 0 atom stereocenters. The fourth-order valence-corrected chi connectivity index (χ4v) is 1.80. The summed E-state index contributed by atoms with van der Waals surface area (Å²) in [4.78, 5) is 10.3. The Hall–Kier alpha value is -2.14. The normalized spacial score (nSPS) is 10.3. The minimum absolute atomic E-state index is 0.0597. The number of ether oxygens (including phenoxy) is 1. The summed E-state index contributed by atoms with van der Waals surface area (Å²) < 4.78 is 18.8. The predicted molar refractivity (Wildman–Crippen MR) is 69.3 cm³/mol. The van der Waals surface area contributed by atoms with Crippen molar-refractivity contribution in [2.75, 3.05) is 0 Å². The van der Waals surface area contributed by atoms with Crippen LogP contribution >= 0.6 is 11.6 Å². The first-order valence-electron chi connectivity index (χ1n) is 5.36. The number of halogens is 2. The molecule has 2 rings (SSSR count). The molecule has 0 N–H and O–H groups in total. The number of hydrogen-bond donors (Lipinski definition) is 0. The molecule has 0 spiro atoms. The van der Waals surface area contributed by atoms with Crippen molar-refractivity contribution in [3.05, 3.63) is 62.9 Å². The van der Waals surface area contributed by atoms with Crippen LogP contribution in [0.4, 0.5) is 10.1 Å². The minimum Gasteiger partial charge on any atom is -0.447 e. The first kappa shape index (κ1) is 13.3. The molecule has 0 amide bonds. The second kappa shape index (κ2) is 5.24. The summed E-state index contributed by atoms with van der Waals surface area (Å²) in [5.41, 5.74) is 0.395. The summed E-state index contributed by atoms with van der Waals surface area (Å²) >= 11 is 5.75. The number of nitrogens with zero attached hydrogens (tertiary/aromatic N) is 1. The summed E-state index contributed by atoms with van der Waals surface area (Å²) in [7, 11) is 0. The lowest BCUT2D eigenvalue weighted by molar-refractivity contribution is -0.385. The molecular formula is C13H9ClFNO3. The summed E-state index contributed by atoms with van der Waals surface area (Å²) in [6, 6.07) is 8.51. The van der Waals surface area contributed by atoms with Crippen molar-refractivity contribution in [3.8, 4) is 11.5 Å². The average molecular weight is 282 g/mol. The number of para-hydroxylation sites is 1. The largest absolute Gasteiger partial charge is 0.447 e. The van der Waals surface area contributed by atoms with Gasteiger partial charge >= 0.3 is 5.69 Å². The van der Waals surface area contributed by atoms with E-state index in [0.29, 0.717) is 0 Å². The van der Waals surface area contributed by atoms with Gasteiger partial charge in [-0.2, -0.15) is 0 Å². The fourth-order valence-electron chi connectivity index (χ4n) is 1.56. The van der Waals surface area contributed by atoms with Gasteiger partial charge in [0.2, 0.25) is 5.75 Å². The van der Waals surface area contributed by atoms with Gasteiger partial charge in [-0.05, 0) is 36.8 Å². The summed E-state index contributed by atoms with van der Waals surface area (Å²) in [6.07, 6.45) is 0. The van der Waals surface area contributed by atoms with E-state index in [4.69, 9.17) is 16.3 Å². The Balaban J connectivity index is 2.46. The van der Waals surface area contributed by atoms with Gasteiger partial charge in [0.25, 0.3) is 0 Å². The van der Waals surface area contributed by atoms with Crippen LogP contribution in [-0.2, 0) is 0 Å². The smallest absolute Gasteiger partial charge is 0.329 e. The molecule has 0 unspecified atom stereocenters. The van der Waals surface area contributed by atoms with Gasteiger partial charge in [0.1, 0.15) is 5.02 Å². The highest BCUT2D eigenvalue weighted by molar-refractivity contribution is 6.32. The number of benzene rings is 2. The molecule has 0 radical (unpaired) electrons. The van der Waals surface area contributed by atoms with Crippen molar-refractivity contribution in [3.63, 3.8) is 0 Å². The molecule has 2 aromatic rings. The van der Waals surface area contributed by atoms with Crippen molar-refractivity contribution in [2.45, 2.75) is 6.92 Å². The van der Waals surface area contributed by atoms with E-state index in [9.17, 15) is 14.5 Å². The molecule has 2 aromatic carbocycles. The first-order valence-corrected chi connectivity index (χ1v) is 5.73. The van der Waals surface area contributed by atoms with Crippen molar-refractivity contribution >= 4 is 17.3 Å². The Labute approximate surface area is 113 Å². The van der Waals surface area contributed by atoms with Crippen molar-refractivity contribution in [1.82, 2.24) is 0 Å². The summed E-state index contributed by atoms with van der Waals surface area (Å²) in [5.74, 6) is -0.771. The van der Waals surface area contributed by atoms with Crippen LogP contribution in [0.15, 0.2) is 36.4 Å². The van der Waals surface area contributed by atoms with Crippen LogP contribution in [0.5, 0.6) is 11.5 Å². The van der Waals surface area contributed by atoms with Crippen LogP contribution < -0.4 is 4.74 Å². The van der Waals surface area contributed by atoms with Gasteiger partial charge in [-0.3, -0.25) is 10.1 Å². The number of nitro groups is 1. The predicted octanol–water partition coefficient (Wildman–Crippen LogP) is 4.49. The molecule has 0 aliphatic heterocycles. The molecule has 0 aliphatic carbocycles. The molecule has 0 heterocycles. The van der Waals surface area contributed by atoms with Gasteiger partial charge in [0.15, 0.2) is 11.6 Å². The van der Waals surface area contributed by atoms with E-state index < -0.39 is 10.7 Å². The number of hydrogen-bond acceptors (Lipinski definition) is 3. The molecule has 4 nitrogen and oxygen atoms in total. The maximum absolute atomic E-state index is 13.6. The zero-order valence-corrected chi connectivity index (χ0v) is 10.6. The molecule has 98 valence electrons. The van der Waals surface area contributed by atoms with Crippen LogP contribution in [0.1, 0.15) is 5.56 Å². The third kappa shape index (κ3) is 2.82. The molecule has 6 heteroatoms. The number of rotatable bonds is 3. The SMILES string of the molecule is Cc1ccc(F)c(Oc2cccc(Cl)c2[N+](=O)[O-])c1. The second-order valence-electron chi connectivity index (χ2n) is 3.88. The third-order valence-electron chi connectivity index (χ3n) is 2.44. The Bertz CT molecular complexity index is 646. The van der Waals surface area contributed by atoms with E-state index in [0.717, 1.165) is 5.56 Å². The molecule has 19 heavy (non-hydrogen) atoms. The minimum atomic E-state index is -0.661. The standard InChI is InChI=1S/C13H9ClFNO3/c1-8-5-6-10(15)12(7-8)19-11-4-2-3-9(14)13(11)16(17)18/h2-7H,1H3. The van der Waals surface area contributed by atoms with Crippen molar-refractivity contribution in [2.24, 2.45) is 0 Å². The monoisotopic (exact) mass is 281 g/mol. The quantitative estimate of drug-likeness (QED) is 0.615. The molecule has 0 fully saturated rings. The average Bonchev–Trinajstić information content (AvgIpc) is 2.33. The summed E-state index contributed by atoms with van der Waals surface area (Å²) in [5, 5.41) is 10.9. The lowest BCUT2D eigenvalue weighted by Gasteiger charge is -2.08. The van der Waals surface area contributed by atoms with E-state index in [1.807, 2.05) is 0 Å². The van der Waals surface area contributed by atoms with E-state index in [1.165, 1.54) is 30.3 Å². The Kier molecular flexibility index (Phi) is 3.66. The van der Waals surface area contributed by atoms with Gasteiger partial charge in [-0.15, -0.1) is 0 Å². The molecule has 0 saturated carbocycles. The van der Waals surface area contributed by atoms with Crippen LogP contribution in [0, 0.1) is 22.9 Å². The van der Waals surface area contributed by atoms with Gasteiger partial charge < -0.3 is 4.74 Å². The van der Waals surface area contributed by atoms with Crippen molar-refractivity contribution < 1.29 is 14.1 Å². The molecule has 0 aromatic heterocycles. The van der Waals surface area contributed by atoms with Gasteiger partial charge in [0.05, 0.1) is 4.92 Å². The van der Waals surface area contributed by atoms with Crippen LogP contribution in [-0.4, -0.2) is 4.92 Å². The number of nitro benzene ring substituents is 1. The second-order valence-corrected chi connectivity index (χ2v) is 4.29. The molecular weight excluding hydrogens is 273 g/mol. The van der Waals surface area contributed by atoms with Gasteiger partial charge in [0, 0.05) is 0 Å². The molecule has 0 aliphatic rings. The fraction of sp³-hybridized carbons (Fsp3) is 0.0769. The highest BCUT2D eigenvalue weighted by Gasteiger charge is 2.21. The molecule has 0 bridgehead atoms. The maximum atomic E-state index is 13.6. The van der Waals surface area contributed by atoms with E-state index in [2.05, 4.69) is 0 Å². The van der Waals surface area contributed by atoms with Crippen LogP contribution in [0.3, 0.4) is 0 Å². The van der Waals surface area contributed by atoms with Crippen LogP contribution in [0.25, 0.3) is 0 Å². The lowest BCUT2D eigenvalue weighted by Crippen LogP contribution is -1.96. The zero-order chi connectivity index (χ0) is 14.0. The van der Waals surface area contributed by atoms with E-state index in [-0.39, 0.29) is 22.2 Å². The topological polar surface area (TPSA) is 52.4 Å². The van der Waals surface area contributed by atoms with Crippen LogP contribution in [0.2, 0.25) is 5.02 Å². The Morgan fingerprint density at radius 2 is 2.00 bits per heavy atom. The highest BCUT2D eigenvalue weighted by atomic mass is 35.5. The van der Waals surface area contributed by atoms with Gasteiger partial charge in [-0.25, -0.2) is 4.39 Å².